The predicted octanol–water partition coefficient (Wildman–Crippen LogP) is 3.01. The lowest BCUT2D eigenvalue weighted by Crippen LogP contribution is -2.03. The van der Waals surface area contributed by atoms with E-state index in [1.165, 1.54) is 0 Å². The fourth-order valence-electron chi connectivity index (χ4n) is 2.33. The van der Waals surface area contributed by atoms with Crippen LogP contribution in [0.4, 0.5) is 0 Å². The van der Waals surface area contributed by atoms with E-state index < -0.39 is 0 Å². The molecule has 106 valence electrons. The Kier molecular flexibility index (Phi) is 3.71. The number of ether oxygens (including phenoxy) is 1. The topological polar surface area (TPSA) is 53.1 Å². The van der Waals surface area contributed by atoms with Crippen LogP contribution in [0.2, 0.25) is 0 Å². The van der Waals surface area contributed by atoms with Crippen molar-refractivity contribution in [2.24, 2.45) is 5.73 Å². The molecular formula is C17H17N3O. The SMILES string of the molecule is COc1ccccc1-n1nc(CN)cc1-c1ccccc1. The summed E-state index contributed by atoms with van der Waals surface area (Å²) in [6.07, 6.45) is 0. The highest BCUT2D eigenvalue weighted by Crippen LogP contribution is 2.28. The van der Waals surface area contributed by atoms with Crippen molar-refractivity contribution in [3.8, 4) is 22.7 Å². The second kappa shape index (κ2) is 5.81. The maximum Gasteiger partial charge on any atom is 0.144 e. The highest BCUT2D eigenvalue weighted by Gasteiger charge is 2.13. The van der Waals surface area contributed by atoms with Crippen LogP contribution in [0.5, 0.6) is 5.75 Å². The van der Waals surface area contributed by atoms with Gasteiger partial charge in [-0.3, -0.25) is 0 Å². The molecule has 0 fully saturated rings. The van der Waals surface area contributed by atoms with Crippen molar-refractivity contribution in [2.45, 2.75) is 6.54 Å². The number of hydrogen-bond donors (Lipinski definition) is 1. The van der Waals surface area contributed by atoms with Crippen LogP contribution < -0.4 is 10.5 Å². The molecule has 0 atom stereocenters. The van der Waals surface area contributed by atoms with Gasteiger partial charge in [0.25, 0.3) is 0 Å². The Hall–Kier alpha value is -2.59. The fraction of sp³-hybridized carbons (Fsp3) is 0.118. The summed E-state index contributed by atoms with van der Waals surface area (Å²) >= 11 is 0. The van der Waals surface area contributed by atoms with Crippen LogP contribution in [0.15, 0.2) is 60.7 Å². The standard InChI is InChI=1S/C17H17N3O/c1-21-17-10-6-5-9-15(17)20-16(11-14(12-18)19-20)13-7-3-2-4-8-13/h2-11H,12,18H2,1H3. The minimum atomic E-state index is 0.405. The van der Waals surface area contributed by atoms with E-state index in [0.717, 1.165) is 28.4 Å². The Morgan fingerprint density at radius 2 is 1.76 bits per heavy atom. The van der Waals surface area contributed by atoms with Gasteiger partial charge >= 0.3 is 0 Å². The normalized spacial score (nSPS) is 10.6. The van der Waals surface area contributed by atoms with Crippen molar-refractivity contribution in [1.29, 1.82) is 0 Å². The van der Waals surface area contributed by atoms with Gasteiger partial charge in [-0.25, -0.2) is 4.68 Å². The molecule has 0 aliphatic carbocycles. The summed E-state index contributed by atoms with van der Waals surface area (Å²) in [5, 5.41) is 4.60. The molecule has 4 nitrogen and oxygen atoms in total. The van der Waals surface area contributed by atoms with E-state index in [4.69, 9.17) is 10.5 Å². The van der Waals surface area contributed by atoms with E-state index in [1.807, 2.05) is 53.2 Å². The average Bonchev–Trinajstić information content (AvgIpc) is 3.00. The zero-order valence-corrected chi connectivity index (χ0v) is 11.9. The molecule has 2 N–H and O–H groups in total. The molecule has 21 heavy (non-hydrogen) atoms. The Balaban J connectivity index is 2.20. The molecule has 1 heterocycles. The summed E-state index contributed by atoms with van der Waals surface area (Å²) in [4.78, 5) is 0. The first kappa shape index (κ1) is 13.4. The molecule has 3 aromatic rings. The molecule has 2 aromatic carbocycles. The third-order valence-corrected chi connectivity index (χ3v) is 3.35. The van der Waals surface area contributed by atoms with Crippen molar-refractivity contribution < 1.29 is 4.74 Å². The molecule has 3 rings (SSSR count). The van der Waals surface area contributed by atoms with Gasteiger partial charge in [0.2, 0.25) is 0 Å². The first-order valence-electron chi connectivity index (χ1n) is 6.81. The van der Waals surface area contributed by atoms with Crippen molar-refractivity contribution in [1.82, 2.24) is 9.78 Å². The number of nitrogens with two attached hydrogens (primary N) is 1. The largest absolute Gasteiger partial charge is 0.494 e. The number of aromatic nitrogens is 2. The average molecular weight is 279 g/mol. The van der Waals surface area contributed by atoms with Crippen LogP contribution >= 0.6 is 0 Å². The second-order valence-electron chi connectivity index (χ2n) is 4.67. The number of nitrogens with zero attached hydrogens (tertiary/aromatic N) is 2. The lowest BCUT2D eigenvalue weighted by atomic mass is 10.1. The predicted molar refractivity (Wildman–Crippen MR) is 83.4 cm³/mol. The number of benzene rings is 2. The summed E-state index contributed by atoms with van der Waals surface area (Å²) in [6.45, 7) is 0.405. The molecular weight excluding hydrogens is 262 g/mol. The van der Waals surface area contributed by atoms with Crippen LogP contribution in [0.25, 0.3) is 16.9 Å². The van der Waals surface area contributed by atoms with E-state index in [2.05, 4.69) is 17.2 Å². The highest BCUT2D eigenvalue weighted by atomic mass is 16.5. The molecule has 0 saturated heterocycles. The Morgan fingerprint density at radius 1 is 1.05 bits per heavy atom. The van der Waals surface area contributed by atoms with Crippen LogP contribution in [0.1, 0.15) is 5.69 Å². The molecule has 4 heteroatoms. The van der Waals surface area contributed by atoms with Crippen LogP contribution in [0, 0.1) is 0 Å². The van der Waals surface area contributed by atoms with E-state index in [-0.39, 0.29) is 0 Å². The minimum Gasteiger partial charge on any atom is -0.494 e. The maximum atomic E-state index is 5.75. The number of para-hydroxylation sites is 2. The molecule has 0 aliphatic heterocycles. The highest BCUT2D eigenvalue weighted by molar-refractivity contribution is 5.64. The molecule has 1 aromatic heterocycles. The summed E-state index contributed by atoms with van der Waals surface area (Å²) in [5.74, 6) is 0.779. The van der Waals surface area contributed by atoms with Gasteiger partial charge in [-0.1, -0.05) is 42.5 Å². The van der Waals surface area contributed by atoms with Gasteiger partial charge in [0.1, 0.15) is 11.4 Å². The van der Waals surface area contributed by atoms with Gasteiger partial charge in [-0.2, -0.15) is 5.10 Å². The number of hydrogen-bond acceptors (Lipinski definition) is 3. The first-order chi connectivity index (χ1) is 10.3. The minimum absolute atomic E-state index is 0.405. The smallest absolute Gasteiger partial charge is 0.144 e. The molecule has 0 aliphatic rings. The summed E-state index contributed by atoms with van der Waals surface area (Å²) < 4.78 is 7.33. The maximum absolute atomic E-state index is 5.75. The third-order valence-electron chi connectivity index (χ3n) is 3.35. The van der Waals surface area contributed by atoms with Gasteiger partial charge in [-0.15, -0.1) is 0 Å². The van der Waals surface area contributed by atoms with Crippen molar-refractivity contribution in [2.75, 3.05) is 7.11 Å². The van der Waals surface area contributed by atoms with E-state index >= 15 is 0 Å². The van der Waals surface area contributed by atoms with E-state index in [9.17, 15) is 0 Å². The summed E-state index contributed by atoms with van der Waals surface area (Å²) in [5.41, 5.74) is 9.59. The molecule has 0 saturated carbocycles. The van der Waals surface area contributed by atoms with Crippen LogP contribution in [-0.4, -0.2) is 16.9 Å². The van der Waals surface area contributed by atoms with Gasteiger partial charge in [0, 0.05) is 12.1 Å². The van der Waals surface area contributed by atoms with Gasteiger partial charge in [0.15, 0.2) is 0 Å². The molecule has 0 bridgehead atoms. The Bertz CT molecular complexity index is 735. The third kappa shape index (κ3) is 2.53. The molecule has 0 spiro atoms. The first-order valence-corrected chi connectivity index (χ1v) is 6.81. The second-order valence-corrected chi connectivity index (χ2v) is 4.67. The summed E-state index contributed by atoms with van der Waals surface area (Å²) in [7, 11) is 1.66. The van der Waals surface area contributed by atoms with Gasteiger partial charge in [0.05, 0.1) is 18.5 Å². The number of rotatable bonds is 4. The quantitative estimate of drug-likeness (QED) is 0.798. The van der Waals surface area contributed by atoms with Gasteiger partial charge in [-0.05, 0) is 18.2 Å². The van der Waals surface area contributed by atoms with E-state index in [0.29, 0.717) is 6.54 Å². The Morgan fingerprint density at radius 3 is 2.48 bits per heavy atom. The van der Waals surface area contributed by atoms with Crippen LogP contribution in [-0.2, 0) is 6.54 Å². The lowest BCUT2D eigenvalue weighted by Gasteiger charge is -2.11. The fourth-order valence-corrected chi connectivity index (χ4v) is 2.33. The molecule has 0 amide bonds. The number of methoxy groups -OCH3 is 1. The zero-order valence-electron chi connectivity index (χ0n) is 11.9. The monoisotopic (exact) mass is 279 g/mol. The van der Waals surface area contributed by atoms with Crippen molar-refractivity contribution >= 4 is 0 Å². The molecule has 0 unspecified atom stereocenters. The van der Waals surface area contributed by atoms with Crippen LogP contribution in [0.3, 0.4) is 0 Å². The zero-order chi connectivity index (χ0) is 14.7. The van der Waals surface area contributed by atoms with E-state index in [1.54, 1.807) is 7.11 Å². The van der Waals surface area contributed by atoms with Crippen molar-refractivity contribution in [3.05, 3.63) is 66.4 Å². The Labute approximate surface area is 123 Å². The van der Waals surface area contributed by atoms with Gasteiger partial charge < -0.3 is 10.5 Å². The summed E-state index contributed by atoms with van der Waals surface area (Å²) in [6, 6.07) is 20.0. The molecule has 0 radical (unpaired) electrons. The lowest BCUT2D eigenvalue weighted by molar-refractivity contribution is 0.412. The van der Waals surface area contributed by atoms with Crippen molar-refractivity contribution in [3.63, 3.8) is 0 Å².